The molecule has 6 heteroatoms. The van der Waals surface area contributed by atoms with Crippen LogP contribution in [0.1, 0.15) is 35.7 Å². The van der Waals surface area contributed by atoms with Gasteiger partial charge in [0, 0.05) is 30.5 Å². The van der Waals surface area contributed by atoms with Crippen LogP contribution in [-0.2, 0) is 11.3 Å². The summed E-state index contributed by atoms with van der Waals surface area (Å²) in [4.78, 5) is 25.6. The zero-order valence-corrected chi connectivity index (χ0v) is 13.6. The van der Waals surface area contributed by atoms with E-state index in [1.54, 1.807) is 23.2 Å². The average molecular weight is 327 g/mol. The SMILES string of the molecule is CC1CCC(C(=O)O)CN1C(=O)c1ccc(Cn2cccn2)cc1. The van der Waals surface area contributed by atoms with E-state index >= 15 is 0 Å². The number of rotatable bonds is 4. The van der Waals surface area contributed by atoms with Crippen LogP contribution in [0.5, 0.6) is 0 Å². The third-order valence-electron chi connectivity index (χ3n) is 4.60. The van der Waals surface area contributed by atoms with Crippen molar-refractivity contribution in [3.05, 3.63) is 53.9 Å². The number of aliphatic carboxylic acids is 1. The van der Waals surface area contributed by atoms with Gasteiger partial charge in [0.25, 0.3) is 5.91 Å². The van der Waals surface area contributed by atoms with Crippen LogP contribution in [0.3, 0.4) is 0 Å². The standard InChI is InChI=1S/C18H21N3O3/c1-13-3-6-16(18(23)24)12-21(13)17(22)15-7-4-14(5-8-15)11-20-10-2-9-19-20/h2,4-5,7-10,13,16H,3,6,11-12H2,1H3,(H,23,24). The zero-order valence-electron chi connectivity index (χ0n) is 13.6. The van der Waals surface area contributed by atoms with Crippen molar-refractivity contribution in [1.82, 2.24) is 14.7 Å². The van der Waals surface area contributed by atoms with E-state index in [9.17, 15) is 14.7 Å². The Balaban J connectivity index is 1.70. The Kier molecular flexibility index (Phi) is 4.64. The monoisotopic (exact) mass is 327 g/mol. The maximum Gasteiger partial charge on any atom is 0.308 e. The molecule has 2 unspecified atom stereocenters. The summed E-state index contributed by atoms with van der Waals surface area (Å²) >= 11 is 0. The highest BCUT2D eigenvalue weighted by atomic mass is 16.4. The van der Waals surface area contributed by atoms with Crippen LogP contribution in [-0.4, -0.2) is 44.3 Å². The maximum atomic E-state index is 12.7. The van der Waals surface area contributed by atoms with Gasteiger partial charge in [-0.15, -0.1) is 0 Å². The molecule has 1 N–H and O–H groups in total. The van der Waals surface area contributed by atoms with Crippen molar-refractivity contribution in [1.29, 1.82) is 0 Å². The Morgan fingerprint density at radius 2 is 2.00 bits per heavy atom. The predicted octanol–water partition coefficient (Wildman–Crippen LogP) is 2.26. The van der Waals surface area contributed by atoms with Crippen molar-refractivity contribution in [3.63, 3.8) is 0 Å². The number of likely N-dealkylation sites (tertiary alicyclic amines) is 1. The number of hydrogen-bond acceptors (Lipinski definition) is 3. The number of benzene rings is 1. The number of carbonyl (C=O) groups is 2. The van der Waals surface area contributed by atoms with Gasteiger partial charge in [-0.3, -0.25) is 14.3 Å². The summed E-state index contributed by atoms with van der Waals surface area (Å²) in [5, 5.41) is 13.4. The second-order valence-electron chi connectivity index (χ2n) is 6.32. The maximum absolute atomic E-state index is 12.7. The van der Waals surface area contributed by atoms with E-state index in [1.165, 1.54) is 0 Å². The van der Waals surface area contributed by atoms with Gasteiger partial charge < -0.3 is 10.0 Å². The minimum Gasteiger partial charge on any atom is -0.481 e. The van der Waals surface area contributed by atoms with E-state index in [-0.39, 0.29) is 18.5 Å². The largest absolute Gasteiger partial charge is 0.481 e. The molecule has 1 fully saturated rings. The molecular weight excluding hydrogens is 306 g/mol. The average Bonchev–Trinajstić information content (AvgIpc) is 3.08. The van der Waals surface area contributed by atoms with Gasteiger partial charge >= 0.3 is 5.97 Å². The van der Waals surface area contributed by atoms with Crippen molar-refractivity contribution >= 4 is 11.9 Å². The number of carboxylic acid groups (broad SMARTS) is 1. The lowest BCUT2D eigenvalue weighted by Crippen LogP contribution is -2.47. The molecule has 0 radical (unpaired) electrons. The Labute approximate surface area is 140 Å². The quantitative estimate of drug-likeness (QED) is 0.934. The van der Waals surface area contributed by atoms with Gasteiger partial charge in [0.2, 0.25) is 0 Å². The summed E-state index contributed by atoms with van der Waals surface area (Å²) in [5.41, 5.74) is 1.66. The molecule has 1 aliphatic heterocycles. The molecule has 1 aromatic heterocycles. The van der Waals surface area contributed by atoms with Crippen molar-refractivity contribution in [3.8, 4) is 0 Å². The Morgan fingerprint density at radius 3 is 2.62 bits per heavy atom. The minimum absolute atomic E-state index is 0.0665. The smallest absolute Gasteiger partial charge is 0.308 e. The Morgan fingerprint density at radius 1 is 1.25 bits per heavy atom. The summed E-state index contributed by atoms with van der Waals surface area (Å²) in [7, 11) is 0. The van der Waals surface area contributed by atoms with E-state index in [2.05, 4.69) is 5.10 Å². The summed E-state index contributed by atoms with van der Waals surface area (Å²) in [6, 6.07) is 9.37. The Bertz CT molecular complexity index is 710. The Hall–Kier alpha value is -2.63. The van der Waals surface area contributed by atoms with Crippen molar-refractivity contribution in [2.75, 3.05) is 6.54 Å². The molecular formula is C18H21N3O3. The van der Waals surface area contributed by atoms with Crippen LogP contribution in [0.4, 0.5) is 0 Å². The first kappa shape index (κ1) is 16.2. The third kappa shape index (κ3) is 3.48. The number of hydrogen-bond donors (Lipinski definition) is 1. The lowest BCUT2D eigenvalue weighted by Gasteiger charge is -2.36. The molecule has 0 aliphatic carbocycles. The molecule has 24 heavy (non-hydrogen) atoms. The first-order valence-corrected chi connectivity index (χ1v) is 8.14. The van der Waals surface area contributed by atoms with E-state index in [4.69, 9.17) is 0 Å². The molecule has 2 aromatic rings. The molecule has 0 bridgehead atoms. The molecule has 1 saturated heterocycles. The zero-order chi connectivity index (χ0) is 17.1. The second kappa shape index (κ2) is 6.86. The fourth-order valence-corrected chi connectivity index (χ4v) is 3.09. The predicted molar refractivity (Wildman–Crippen MR) is 88.6 cm³/mol. The van der Waals surface area contributed by atoms with Crippen molar-refractivity contribution < 1.29 is 14.7 Å². The van der Waals surface area contributed by atoms with E-state index in [1.807, 2.05) is 36.0 Å². The van der Waals surface area contributed by atoms with Gasteiger partial charge in [-0.1, -0.05) is 12.1 Å². The highest BCUT2D eigenvalue weighted by Gasteiger charge is 2.32. The number of amides is 1. The van der Waals surface area contributed by atoms with E-state index < -0.39 is 11.9 Å². The number of piperidine rings is 1. The van der Waals surface area contributed by atoms with Crippen molar-refractivity contribution in [2.24, 2.45) is 5.92 Å². The van der Waals surface area contributed by atoms with Gasteiger partial charge in [0.15, 0.2) is 0 Å². The molecule has 3 rings (SSSR count). The molecule has 0 saturated carbocycles. The van der Waals surface area contributed by atoms with E-state index in [0.29, 0.717) is 18.5 Å². The molecule has 2 heterocycles. The summed E-state index contributed by atoms with van der Waals surface area (Å²) in [5.74, 6) is -1.39. The molecule has 0 spiro atoms. The number of carbonyl (C=O) groups excluding carboxylic acids is 1. The fraction of sp³-hybridized carbons (Fsp3) is 0.389. The topological polar surface area (TPSA) is 75.4 Å². The van der Waals surface area contributed by atoms with Crippen LogP contribution in [0.15, 0.2) is 42.7 Å². The van der Waals surface area contributed by atoms with Crippen molar-refractivity contribution in [2.45, 2.75) is 32.4 Å². The highest BCUT2D eigenvalue weighted by Crippen LogP contribution is 2.24. The minimum atomic E-state index is -0.825. The summed E-state index contributed by atoms with van der Waals surface area (Å²) < 4.78 is 1.82. The van der Waals surface area contributed by atoms with Crippen LogP contribution in [0, 0.1) is 5.92 Å². The van der Waals surface area contributed by atoms with Gasteiger partial charge in [-0.25, -0.2) is 0 Å². The molecule has 2 atom stereocenters. The van der Waals surface area contributed by atoms with Crippen LogP contribution >= 0.6 is 0 Å². The lowest BCUT2D eigenvalue weighted by atomic mass is 9.93. The molecule has 126 valence electrons. The fourth-order valence-electron chi connectivity index (χ4n) is 3.09. The first-order valence-electron chi connectivity index (χ1n) is 8.14. The van der Waals surface area contributed by atoms with E-state index in [0.717, 1.165) is 12.0 Å². The molecule has 1 aliphatic rings. The van der Waals surface area contributed by atoms with Gasteiger partial charge in [0.1, 0.15) is 0 Å². The van der Waals surface area contributed by atoms with Crippen LogP contribution < -0.4 is 0 Å². The normalized spacial score (nSPS) is 20.8. The van der Waals surface area contributed by atoms with Crippen LogP contribution in [0.25, 0.3) is 0 Å². The molecule has 1 amide bonds. The lowest BCUT2D eigenvalue weighted by molar-refractivity contribution is -0.143. The third-order valence-corrected chi connectivity index (χ3v) is 4.60. The second-order valence-corrected chi connectivity index (χ2v) is 6.32. The highest BCUT2D eigenvalue weighted by molar-refractivity contribution is 5.94. The van der Waals surface area contributed by atoms with Gasteiger partial charge in [-0.05, 0) is 43.5 Å². The number of carboxylic acids is 1. The van der Waals surface area contributed by atoms with Gasteiger partial charge in [0.05, 0.1) is 12.5 Å². The molecule has 1 aromatic carbocycles. The summed E-state index contributed by atoms with van der Waals surface area (Å²) in [6.07, 6.45) is 4.97. The molecule has 6 nitrogen and oxygen atoms in total. The van der Waals surface area contributed by atoms with Gasteiger partial charge in [-0.2, -0.15) is 5.10 Å². The summed E-state index contributed by atoms with van der Waals surface area (Å²) in [6.45, 7) is 2.91. The first-order chi connectivity index (χ1) is 11.5. The number of nitrogens with zero attached hydrogens (tertiary/aromatic N) is 3. The number of aromatic nitrogens is 2. The van der Waals surface area contributed by atoms with Crippen LogP contribution in [0.2, 0.25) is 0 Å².